The van der Waals surface area contributed by atoms with Crippen LogP contribution in [0.15, 0.2) is 0 Å². The Hall–Kier alpha value is 0.270. The maximum Gasteiger partial charge on any atom is 0.0259 e. The molecule has 1 rings (SSSR count). The van der Waals surface area contributed by atoms with Crippen LogP contribution in [0.3, 0.4) is 0 Å². The second-order valence-corrected chi connectivity index (χ2v) is 3.75. The van der Waals surface area contributed by atoms with E-state index in [0.29, 0.717) is 6.04 Å². The van der Waals surface area contributed by atoms with Gasteiger partial charge in [0.1, 0.15) is 0 Å². The van der Waals surface area contributed by atoms with Crippen LogP contribution >= 0.6 is 11.8 Å². The lowest BCUT2D eigenvalue weighted by atomic mass is 10.3. The minimum absolute atomic E-state index is 0.391. The van der Waals surface area contributed by atoms with Crippen molar-refractivity contribution in [1.29, 1.82) is 0 Å². The summed E-state index contributed by atoms with van der Waals surface area (Å²) in [5, 5.41) is 0. The van der Waals surface area contributed by atoms with Crippen molar-refractivity contribution in [2.75, 3.05) is 31.6 Å². The summed E-state index contributed by atoms with van der Waals surface area (Å²) in [5.74, 6) is 2.37. The first kappa shape index (κ1) is 7.38. The van der Waals surface area contributed by atoms with Crippen molar-refractivity contribution in [2.24, 2.45) is 5.73 Å². The van der Waals surface area contributed by atoms with Crippen LogP contribution in [0.5, 0.6) is 0 Å². The average Bonchev–Trinajstić information content (AvgIpc) is 1.93. The highest BCUT2D eigenvalue weighted by molar-refractivity contribution is 7.99. The molecule has 1 heterocycles. The van der Waals surface area contributed by atoms with E-state index >= 15 is 0 Å². The van der Waals surface area contributed by atoms with Gasteiger partial charge >= 0.3 is 0 Å². The topological polar surface area (TPSA) is 29.3 Å². The van der Waals surface area contributed by atoms with Crippen LogP contribution in [0.25, 0.3) is 0 Å². The van der Waals surface area contributed by atoms with Crippen molar-refractivity contribution in [3.05, 3.63) is 0 Å². The average molecular weight is 146 g/mol. The van der Waals surface area contributed by atoms with Crippen LogP contribution in [0.2, 0.25) is 0 Å². The Kier molecular flexibility index (Phi) is 2.82. The molecule has 0 amide bonds. The molecule has 0 aromatic carbocycles. The minimum Gasteiger partial charge on any atom is -0.326 e. The summed E-state index contributed by atoms with van der Waals surface area (Å²) in [6.07, 6.45) is 0. The Morgan fingerprint density at radius 3 is 3.22 bits per heavy atom. The number of nitrogens with zero attached hydrogens (tertiary/aromatic N) is 1. The van der Waals surface area contributed by atoms with Gasteiger partial charge in [-0.25, -0.2) is 0 Å². The van der Waals surface area contributed by atoms with E-state index in [1.807, 2.05) is 11.8 Å². The van der Waals surface area contributed by atoms with Gasteiger partial charge in [0.15, 0.2) is 0 Å². The van der Waals surface area contributed by atoms with Crippen LogP contribution in [0.4, 0.5) is 0 Å². The first-order chi connectivity index (χ1) is 4.29. The van der Waals surface area contributed by atoms with E-state index in [9.17, 15) is 0 Å². The number of hydrogen-bond donors (Lipinski definition) is 1. The van der Waals surface area contributed by atoms with Crippen molar-refractivity contribution in [3.63, 3.8) is 0 Å². The molecule has 0 aliphatic carbocycles. The highest BCUT2D eigenvalue weighted by Crippen LogP contribution is 2.07. The summed E-state index contributed by atoms with van der Waals surface area (Å²) in [7, 11) is 2.13. The Labute approximate surface area is 60.8 Å². The van der Waals surface area contributed by atoms with Gasteiger partial charge in [0, 0.05) is 30.6 Å². The molecule has 1 saturated heterocycles. The molecule has 0 bridgehead atoms. The molecule has 1 unspecified atom stereocenters. The van der Waals surface area contributed by atoms with Gasteiger partial charge in [-0.05, 0) is 7.05 Å². The zero-order valence-corrected chi connectivity index (χ0v) is 6.66. The zero-order valence-electron chi connectivity index (χ0n) is 5.84. The number of likely N-dealkylation sites (N-methyl/N-ethyl adjacent to an activating group) is 1. The molecule has 0 radical (unpaired) electrons. The van der Waals surface area contributed by atoms with Crippen LogP contribution in [-0.2, 0) is 0 Å². The number of rotatable bonds is 0. The molecule has 1 fully saturated rings. The van der Waals surface area contributed by atoms with Crippen LogP contribution in [-0.4, -0.2) is 42.6 Å². The standard InChI is InChI=1S/C6H14N2S/c1-8-2-3-9-5-6(7)4-8/h6H,2-5,7H2,1H3. The predicted octanol–water partition coefficient (Wildman–Crippen LogP) is -0.00770. The van der Waals surface area contributed by atoms with Gasteiger partial charge in [0.25, 0.3) is 0 Å². The quantitative estimate of drug-likeness (QED) is 0.521. The summed E-state index contributed by atoms with van der Waals surface area (Å²) in [6.45, 7) is 2.26. The second kappa shape index (κ2) is 3.44. The van der Waals surface area contributed by atoms with Crippen LogP contribution in [0.1, 0.15) is 0 Å². The first-order valence-electron chi connectivity index (χ1n) is 3.31. The van der Waals surface area contributed by atoms with E-state index in [4.69, 9.17) is 5.73 Å². The van der Waals surface area contributed by atoms with Gasteiger partial charge in [-0.2, -0.15) is 11.8 Å². The van der Waals surface area contributed by atoms with Gasteiger partial charge in [-0.1, -0.05) is 0 Å². The van der Waals surface area contributed by atoms with E-state index in [1.165, 1.54) is 12.3 Å². The van der Waals surface area contributed by atoms with E-state index in [1.54, 1.807) is 0 Å². The van der Waals surface area contributed by atoms with E-state index in [0.717, 1.165) is 12.3 Å². The SMILES string of the molecule is CN1CCSCC(N)C1. The first-order valence-corrected chi connectivity index (χ1v) is 4.46. The molecule has 9 heavy (non-hydrogen) atoms. The molecule has 0 spiro atoms. The van der Waals surface area contributed by atoms with Crippen LogP contribution in [0, 0.1) is 0 Å². The molecule has 0 saturated carbocycles. The van der Waals surface area contributed by atoms with Gasteiger partial charge in [-0.15, -0.1) is 0 Å². The summed E-state index contributed by atoms with van der Waals surface area (Å²) >= 11 is 1.96. The third-order valence-corrected chi connectivity index (χ3v) is 2.63. The second-order valence-electron chi connectivity index (χ2n) is 2.60. The van der Waals surface area contributed by atoms with Gasteiger partial charge < -0.3 is 10.6 Å². The summed E-state index contributed by atoms with van der Waals surface area (Å²) < 4.78 is 0. The highest BCUT2D eigenvalue weighted by atomic mass is 32.2. The van der Waals surface area contributed by atoms with Crippen molar-refractivity contribution < 1.29 is 0 Å². The van der Waals surface area contributed by atoms with Crippen LogP contribution < -0.4 is 5.73 Å². The molecule has 2 nitrogen and oxygen atoms in total. The summed E-state index contributed by atoms with van der Waals surface area (Å²) in [4.78, 5) is 2.30. The van der Waals surface area contributed by atoms with E-state index in [-0.39, 0.29) is 0 Å². The van der Waals surface area contributed by atoms with Crippen molar-refractivity contribution in [3.8, 4) is 0 Å². The Morgan fingerprint density at radius 2 is 2.44 bits per heavy atom. The van der Waals surface area contributed by atoms with Crippen molar-refractivity contribution in [2.45, 2.75) is 6.04 Å². The number of thioether (sulfide) groups is 1. The lowest BCUT2D eigenvalue weighted by Gasteiger charge is -2.14. The molecule has 54 valence electrons. The Morgan fingerprint density at radius 1 is 1.67 bits per heavy atom. The molecule has 0 aromatic heterocycles. The van der Waals surface area contributed by atoms with Gasteiger partial charge in [-0.3, -0.25) is 0 Å². The highest BCUT2D eigenvalue weighted by Gasteiger charge is 2.10. The normalized spacial score (nSPS) is 32.0. The van der Waals surface area contributed by atoms with Crippen molar-refractivity contribution in [1.82, 2.24) is 4.90 Å². The molecule has 3 heteroatoms. The largest absolute Gasteiger partial charge is 0.326 e. The monoisotopic (exact) mass is 146 g/mol. The van der Waals surface area contributed by atoms with E-state index < -0.39 is 0 Å². The minimum atomic E-state index is 0.391. The molecule has 1 aliphatic rings. The van der Waals surface area contributed by atoms with Crippen molar-refractivity contribution >= 4 is 11.8 Å². The molecular formula is C6H14N2S. The lowest BCUT2D eigenvalue weighted by Crippen LogP contribution is -2.35. The smallest absolute Gasteiger partial charge is 0.0259 e. The predicted molar refractivity (Wildman–Crippen MR) is 42.8 cm³/mol. The number of nitrogens with two attached hydrogens (primary N) is 1. The fourth-order valence-electron chi connectivity index (χ4n) is 0.999. The fraction of sp³-hybridized carbons (Fsp3) is 1.00. The summed E-state index contributed by atoms with van der Waals surface area (Å²) in [6, 6.07) is 0.391. The molecular weight excluding hydrogens is 132 g/mol. The third-order valence-electron chi connectivity index (χ3n) is 1.50. The third kappa shape index (κ3) is 2.56. The zero-order chi connectivity index (χ0) is 6.69. The molecule has 0 aromatic rings. The molecule has 1 atom stereocenters. The maximum absolute atomic E-state index is 5.76. The lowest BCUT2D eigenvalue weighted by molar-refractivity contribution is 0.343. The maximum atomic E-state index is 5.76. The van der Waals surface area contributed by atoms with Gasteiger partial charge in [0.2, 0.25) is 0 Å². The van der Waals surface area contributed by atoms with Gasteiger partial charge in [0.05, 0.1) is 0 Å². The Balaban J connectivity index is 2.29. The molecule has 2 N–H and O–H groups in total. The molecule has 1 aliphatic heterocycles. The fourth-order valence-corrected chi connectivity index (χ4v) is 2.02. The number of hydrogen-bond acceptors (Lipinski definition) is 3. The Bertz CT molecular complexity index is 77.1. The summed E-state index contributed by atoms with van der Waals surface area (Å²) in [5.41, 5.74) is 5.76. The van der Waals surface area contributed by atoms with E-state index in [2.05, 4.69) is 11.9 Å².